The molecule has 7 nitrogen and oxygen atoms in total. The van der Waals surface area contributed by atoms with Crippen molar-refractivity contribution in [1.29, 1.82) is 0 Å². The van der Waals surface area contributed by atoms with Gasteiger partial charge in [-0.1, -0.05) is 6.07 Å². The number of aromatic nitrogens is 1. The second kappa shape index (κ2) is 8.44. The lowest BCUT2D eigenvalue weighted by atomic mass is 10.1. The molecule has 0 amide bonds. The van der Waals surface area contributed by atoms with Crippen LogP contribution in [0.15, 0.2) is 72.6 Å². The van der Waals surface area contributed by atoms with Crippen molar-refractivity contribution >= 4 is 28.7 Å². The fraction of sp³-hybridized carbons (Fsp3) is 0.111. The molecule has 0 radical (unpaired) electrons. The number of carbonyl (C=O) groups is 2. The molecule has 5 rings (SSSR count). The summed E-state index contributed by atoms with van der Waals surface area (Å²) in [6.07, 6.45) is 3.64. The summed E-state index contributed by atoms with van der Waals surface area (Å²) in [5.74, 6) is 1.31. The Hall–Kier alpha value is -4.52. The third-order valence-corrected chi connectivity index (χ3v) is 5.67. The van der Waals surface area contributed by atoms with Crippen LogP contribution in [0.2, 0.25) is 0 Å². The number of rotatable bonds is 5. The summed E-state index contributed by atoms with van der Waals surface area (Å²) in [6.45, 7) is 0. The van der Waals surface area contributed by atoms with E-state index < -0.39 is 5.97 Å². The summed E-state index contributed by atoms with van der Waals surface area (Å²) < 4.78 is 23.8. The summed E-state index contributed by atoms with van der Waals surface area (Å²) in [6, 6.07) is 17.2. The van der Waals surface area contributed by atoms with Crippen LogP contribution < -0.4 is 18.9 Å². The summed E-state index contributed by atoms with van der Waals surface area (Å²) in [5, 5.41) is 0.939. The largest absolute Gasteiger partial charge is 0.497 e. The van der Waals surface area contributed by atoms with Gasteiger partial charge < -0.3 is 23.5 Å². The van der Waals surface area contributed by atoms with Crippen LogP contribution in [-0.2, 0) is 7.05 Å². The van der Waals surface area contributed by atoms with E-state index in [0.717, 1.165) is 22.2 Å². The number of fused-ring (bicyclic) bond motifs is 2. The lowest BCUT2D eigenvalue weighted by Gasteiger charge is -2.07. The Labute approximate surface area is 195 Å². The molecule has 3 aromatic carbocycles. The molecule has 1 aromatic heterocycles. The molecule has 4 aromatic rings. The van der Waals surface area contributed by atoms with Crippen LogP contribution in [0.1, 0.15) is 26.3 Å². The maximum absolute atomic E-state index is 12.9. The molecule has 2 heterocycles. The number of benzene rings is 3. The molecular formula is C27H21NO6. The third-order valence-electron chi connectivity index (χ3n) is 5.67. The van der Waals surface area contributed by atoms with Gasteiger partial charge in [-0.25, -0.2) is 4.79 Å². The Morgan fingerprint density at radius 1 is 0.941 bits per heavy atom. The predicted molar refractivity (Wildman–Crippen MR) is 127 cm³/mol. The van der Waals surface area contributed by atoms with Gasteiger partial charge in [-0.3, -0.25) is 4.79 Å². The number of ketones is 1. The molecule has 0 bridgehead atoms. The maximum Gasteiger partial charge on any atom is 0.343 e. The molecular weight excluding hydrogens is 434 g/mol. The molecule has 0 N–H and O–H groups in total. The van der Waals surface area contributed by atoms with Gasteiger partial charge in [0.1, 0.15) is 23.0 Å². The molecule has 0 aliphatic carbocycles. The highest BCUT2D eigenvalue weighted by Crippen LogP contribution is 2.36. The van der Waals surface area contributed by atoms with Crippen molar-refractivity contribution in [1.82, 2.24) is 4.57 Å². The summed E-state index contributed by atoms with van der Waals surface area (Å²) >= 11 is 0. The molecule has 7 heteroatoms. The standard InChI is InChI=1S/C27H21NO6/c1-28-15-17(22-13-19(32-3)8-10-23(22)28)12-25-26(29)21-9-7-20(14-24(21)34-25)33-27(30)16-5-4-6-18(11-16)31-2/h4-15H,1-3H3/b25-12+. The third kappa shape index (κ3) is 3.77. The number of carbonyl (C=O) groups excluding carboxylic acids is 2. The van der Waals surface area contributed by atoms with E-state index >= 15 is 0 Å². The number of hydrogen-bond donors (Lipinski definition) is 0. The first-order valence-corrected chi connectivity index (χ1v) is 10.5. The van der Waals surface area contributed by atoms with E-state index in [0.29, 0.717) is 22.6 Å². The molecule has 170 valence electrons. The van der Waals surface area contributed by atoms with Gasteiger partial charge in [-0.05, 0) is 54.6 Å². The highest BCUT2D eigenvalue weighted by molar-refractivity contribution is 6.15. The first-order chi connectivity index (χ1) is 16.5. The predicted octanol–water partition coefficient (Wildman–Crippen LogP) is 5.03. The van der Waals surface area contributed by atoms with E-state index in [9.17, 15) is 9.59 Å². The van der Waals surface area contributed by atoms with E-state index in [1.807, 2.05) is 36.0 Å². The average Bonchev–Trinajstić information content (AvgIpc) is 3.34. The summed E-state index contributed by atoms with van der Waals surface area (Å²) in [7, 11) is 5.08. The maximum atomic E-state index is 12.9. The number of esters is 1. The van der Waals surface area contributed by atoms with E-state index in [4.69, 9.17) is 18.9 Å². The van der Waals surface area contributed by atoms with Gasteiger partial charge in [0, 0.05) is 35.8 Å². The van der Waals surface area contributed by atoms with Crippen LogP contribution in [0, 0.1) is 0 Å². The van der Waals surface area contributed by atoms with Crippen molar-refractivity contribution in [3.63, 3.8) is 0 Å². The lowest BCUT2D eigenvalue weighted by Crippen LogP contribution is -2.08. The fourth-order valence-corrected chi connectivity index (χ4v) is 3.93. The van der Waals surface area contributed by atoms with Crippen molar-refractivity contribution in [2.75, 3.05) is 14.2 Å². The van der Waals surface area contributed by atoms with Crippen LogP contribution >= 0.6 is 0 Å². The number of ether oxygens (including phenoxy) is 4. The van der Waals surface area contributed by atoms with Gasteiger partial charge in [0.2, 0.25) is 5.78 Å². The second-order valence-corrected chi connectivity index (χ2v) is 7.80. The van der Waals surface area contributed by atoms with Crippen LogP contribution in [-0.4, -0.2) is 30.5 Å². The molecule has 0 saturated heterocycles. The average molecular weight is 455 g/mol. The van der Waals surface area contributed by atoms with E-state index in [2.05, 4.69) is 0 Å². The van der Waals surface area contributed by atoms with Gasteiger partial charge in [-0.2, -0.15) is 0 Å². The number of hydrogen-bond acceptors (Lipinski definition) is 6. The first-order valence-electron chi connectivity index (χ1n) is 10.5. The number of aryl methyl sites for hydroxylation is 1. The van der Waals surface area contributed by atoms with Gasteiger partial charge >= 0.3 is 5.97 Å². The van der Waals surface area contributed by atoms with Gasteiger partial charge in [0.05, 0.1) is 25.3 Å². The minimum Gasteiger partial charge on any atom is -0.497 e. The fourth-order valence-electron chi connectivity index (χ4n) is 3.93. The van der Waals surface area contributed by atoms with E-state index in [1.165, 1.54) is 13.2 Å². The van der Waals surface area contributed by atoms with Crippen molar-refractivity contribution < 1.29 is 28.5 Å². The van der Waals surface area contributed by atoms with Crippen LogP contribution in [0.4, 0.5) is 0 Å². The number of nitrogens with zero attached hydrogens (tertiary/aromatic N) is 1. The highest BCUT2D eigenvalue weighted by atomic mass is 16.5. The Morgan fingerprint density at radius 3 is 2.50 bits per heavy atom. The van der Waals surface area contributed by atoms with Crippen LogP contribution in [0.3, 0.4) is 0 Å². The smallest absolute Gasteiger partial charge is 0.343 e. The molecule has 34 heavy (non-hydrogen) atoms. The Kier molecular flexibility index (Phi) is 5.30. The quantitative estimate of drug-likeness (QED) is 0.239. The molecule has 0 unspecified atom stereocenters. The van der Waals surface area contributed by atoms with E-state index in [-0.39, 0.29) is 17.3 Å². The second-order valence-electron chi connectivity index (χ2n) is 7.80. The number of allylic oxidation sites excluding steroid dienone is 1. The topological polar surface area (TPSA) is 76.0 Å². The SMILES string of the molecule is COc1cccc(C(=O)Oc2ccc3c(c2)O/C(=C/c2cn(C)c4ccc(OC)cc24)C3=O)c1. The Balaban J connectivity index is 1.41. The zero-order chi connectivity index (χ0) is 23.8. The molecule has 0 fully saturated rings. The minimum absolute atomic E-state index is 0.196. The van der Waals surface area contributed by atoms with Gasteiger partial charge in [-0.15, -0.1) is 0 Å². The molecule has 1 aliphatic rings. The minimum atomic E-state index is -0.538. The Bertz CT molecular complexity index is 1480. The lowest BCUT2D eigenvalue weighted by molar-refractivity contribution is 0.0734. The summed E-state index contributed by atoms with van der Waals surface area (Å²) in [4.78, 5) is 25.5. The number of methoxy groups -OCH3 is 2. The van der Waals surface area contributed by atoms with Crippen LogP contribution in [0.5, 0.6) is 23.0 Å². The summed E-state index contributed by atoms with van der Waals surface area (Å²) in [5.41, 5.74) is 2.59. The monoisotopic (exact) mass is 455 g/mol. The molecule has 0 spiro atoms. The number of Topliss-reactive ketones (excluding diaryl/α,β-unsaturated/α-hetero) is 1. The van der Waals surface area contributed by atoms with Gasteiger partial charge in [0.15, 0.2) is 5.76 Å². The van der Waals surface area contributed by atoms with Gasteiger partial charge in [0.25, 0.3) is 0 Å². The van der Waals surface area contributed by atoms with E-state index in [1.54, 1.807) is 49.6 Å². The van der Waals surface area contributed by atoms with Crippen molar-refractivity contribution in [3.05, 3.63) is 89.3 Å². The highest BCUT2D eigenvalue weighted by Gasteiger charge is 2.28. The molecule has 1 aliphatic heterocycles. The zero-order valence-electron chi connectivity index (χ0n) is 18.8. The normalized spacial score (nSPS) is 13.6. The Morgan fingerprint density at radius 2 is 1.71 bits per heavy atom. The first kappa shape index (κ1) is 21.3. The van der Waals surface area contributed by atoms with Crippen molar-refractivity contribution in [3.8, 4) is 23.0 Å². The van der Waals surface area contributed by atoms with Crippen LogP contribution in [0.25, 0.3) is 17.0 Å². The zero-order valence-corrected chi connectivity index (χ0v) is 18.8. The molecule has 0 saturated carbocycles. The molecule has 0 atom stereocenters. The van der Waals surface area contributed by atoms with Crippen molar-refractivity contribution in [2.24, 2.45) is 7.05 Å². The van der Waals surface area contributed by atoms with Crippen molar-refractivity contribution in [2.45, 2.75) is 0 Å².